The van der Waals surface area contributed by atoms with Gasteiger partial charge in [0, 0.05) is 18.4 Å². The van der Waals surface area contributed by atoms with Crippen molar-refractivity contribution in [3.8, 4) is 0 Å². The number of ether oxygens (including phenoxy) is 3. The molecule has 1 aromatic heterocycles. The number of hydrogen-bond donors (Lipinski definition) is 0. The molecule has 1 saturated heterocycles. The van der Waals surface area contributed by atoms with Crippen LogP contribution in [-0.4, -0.2) is 31.1 Å². The molecule has 3 fully saturated rings. The Labute approximate surface area is 175 Å². The second kappa shape index (κ2) is 6.34. The number of fused-ring (bicyclic) bond motifs is 2. The third kappa shape index (κ3) is 2.18. The molecule has 5 rings (SSSR count). The summed E-state index contributed by atoms with van der Waals surface area (Å²) in [5, 5.41) is 0. The highest BCUT2D eigenvalue weighted by Gasteiger charge is 2.74. The van der Waals surface area contributed by atoms with Crippen molar-refractivity contribution >= 4 is 17.9 Å². The minimum absolute atomic E-state index is 0.0559. The van der Waals surface area contributed by atoms with E-state index < -0.39 is 35.0 Å². The third-order valence-corrected chi connectivity index (χ3v) is 8.67. The molecule has 4 aliphatic rings. The van der Waals surface area contributed by atoms with Gasteiger partial charge in [0.2, 0.25) is 0 Å². The van der Waals surface area contributed by atoms with Crippen molar-refractivity contribution in [1.29, 1.82) is 0 Å². The van der Waals surface area contributed by atoms with Crippen LogP contribution in [0.3, 0.4) is 0 Å². The molecule has 1 aliphatic heterocycles. The van der Waals surface area contributed by atoms with Crippen LogP contribution < -0.4 is 0 Å². The highest BCUT2D eigenvalue weighted by atomic mass is 16.6. The largest absolute Gasteiger partial charge is 0.468 e. The summed E-state index contributed by atoms with van der Waals surface area (Å²) in [6.07, 6.45) is 3.14. The molecule has 7 heteroatoms. The summed E-state index contributed by atoms with van der Waals surface area (Å²) in [5.74, 6) is -0.222. The Morgan fingerprint density at radius 2 is 2.00 bits per heavy atom. The van der Waals surface area contributed by atoms with Gasteiger partial charge in [0.25, 0.3) is 0 Å². The lowest BCUT2D eigenvalue weighted by molar-refractivity contribution is -0.204. The fourth-order valence-corrected chi connectivity index (χ4v) is 7.48. The molecule has 30 heavy (non-hydrogen) atoms. The predicted molar refractivity (Wildman–Crippen MR) is 103 cm³/mol. The molecule has 2 saturated carbocycles. The van der Waals surface area contributed by atoms with Crippen molar-refractivity contribution in [2.45, 2.75) is 64.6 Å². The molecule has 2 heterocycles. The number of hydrogen-bond acceptors (Lipinski definition) is 7. The van der Waals surface area contributed by atoms with Gasteiger partial charge in [0.15, 0.2) is 6.10 Å². The lowest BCUT2D eigenvalue weighted by atomic mass is 9.42. The number of furan rings is 1. The van der Waals surface area contributed by atoms with Crippen LogP contribution >= 0.6 is 0 Å². The van der Waals surface area contributed by atoms with E-state index in [-0.39, 0.29) is 29.6 Å². The molecule has 1 spiro atoms. The highest BCUT2D eigenvalue weighted by molar-refractivity contribution is 5.85. The van der Waals surface area contributed by atoms with Gasteiger partial charge in [-0.3, -0.25) is 14.4 Å². The number of methoxy groups -OCH3 is 1. The second-order valence-corrected chi connectivity index (χ2v) is 9.63. The van der Waals surface area contributed by atoms with Crippen LogP contribution in [0.4, 0.5) is 0 Å². The molecule has 0 amide bonds. The molecule has 7 nitrogen and oxygen atoms in total. The molecule has 0 aromatic carbocycles. The van der Waals surface area contributed by atoms with Crippen molar-refractivity contribution in [2.24, 2.45) is 28.6 Å². The minimum atomic E-state index is -1.11. The Morgan fingerprint density at radius 3 is 2.70 bits per heavy atom. The molecule has 0 unspecified atom stereocenters. The molecule has 0 bridgehead atoms. The smallest absolute Gasteiger partial charge is 0.315 e. The lowest BCUT2D eigenvalue weighted by Crippen LogP contribution is -2.63. The van der Waals surface area contributed by atoms with Crippen LogP contribution in [-0.2, 0) is 28.6 Å². The van der Waals surface area contributed by atoms with Gasteiger partial charge in [-0.1, -0.05) is 6.92 Å². The van der Waals surface area contributed by atoms with Gasteiger partial charge in [-0.2, -0.15) is 0 Å². The average molecular weight is 416 g/mol. The fourth-order valence-electron chi connectivity index (χ4n) is 7.48. The Balaban J connectivity index is 1.65. The highest BCUT2D eigenvalue weighted by Crippen LogP contribution is 2.71. The van der Waals surface area contributed by atoms with Crippen LogP contribution in [0.25, 0.3) is 0 Å². The number of carbonyl (C=O) groups excluding carboxylic acids is 3. The van der Waals surface area contributed by atoms with Gasteiger partial charge >= 0.3 is 17.9 Å². The molecular formula is C23H28O7. The summed E-state index contributed by atoms with van der Waals surface area (Å²) >= 11 is 0. The second-order valence-electron chi connectivity index (χ2n) is 9.63. The summed E-state index contributed by atoms with van der Waals surface area (Å²) in [7, 11) is 1.35. The lowest BCUT2D eigenvalue weighted by Gasteiger charge is -2.58. The molecular weight excluding hydrogens is 388 g/mol. The first-order valence-electron chi connectivity index (χ1n) is 10.8. The predicted octanol–water partition coefficient (Wildman–Crippen LogP) is 3.53. The zero-order valence-electron chi connectivity index (χ0n) is 17.8. The average Bonchev–Trinajstić information content (AvgIpc) is 3.31. The van der Waals surface area contributed by atoms with Gasteiger partial charge in [-0.05, 0) is 56.4 Å². The van der Waals surface area contributed by atoms with Crippen LogP contribution in [0.15, 0.2) is 16.7 Å². The molecule has 3 aliphatic carbocycles. The molecule has 8 atom stereocenters. The van der Waals surface area contributed by atoms with Gasteiger partial charge in [-0.15, -0.1) is 0 Å². The fraction of sp³-hybridized carbons (Fsp3) is 0.696. The molecule has 0 radical (unpaired) electrons. The summed E-state index contributed by atoms with van der Waals surface area (Å²) in [4.78, 5) is 38.5. The van der Waals surface area contributed by atoms with Crippen LogP contribution in [0.5, 0.6) is 0 Å². The Kier molecular flexibility index (Phi) is 4.15. The Hall–Kier alpha value is -2.31. The van der Waals surface area contributed by atoms with E-state index in [2.05, 4.69) is 6.92 Å². The first-order chi connectivity index (χ1) is 14.3. The van der Waals surface area contributed by atoms with E-state index in [1.54, 1.807) is 13.2 Å². The van der Waals surface area contributed by atoms with Gasteiger partial charge < -0.3 is 18.6 Å². The van der Waals surface area contributed by atoms with Crippen LogP contribution in [0.2, 0.25) is 0 Å². The van der Waals surface area contributed by atoms with E-state index in [0.717, 1.165) is 17.7 Å². The summed E-state index contributed by atoms with van der Waals surface area (Å²) in [6.45, 7) is 5.33. The topological polar surface area (TPSA) is 92.0 Å². The maximum absolute atomic E-state index is 13.5. The number of esters is 3. The van der Waals surface area contributed by atoms with Gasteiger partial charge in [-0.25, -0.2) is 0 Å². The normalized spacial score (nSPS) is 43.7. The van der Waals surface area contributed by atoms with Crippen molar-refractivity contribution < 1.29 is 33.0 Å². The van der Waals surface area contributed by atoms with Crippen molar-refractivity contribution in [2.75, 3.05) is 7.11 Å². The molecule has 0 N–H and O–H groups in total. The van der Waals surface area contributed by atoms with Crippen molar-refractivity contribution in [3.63, 3.8) is 0 Å². The van der Waals surface area contributed by atoms with E-state index in [1.807, 2.05) is 6.07 Å². The maximum Gasteiger partial charge on any atom is 0.315 e. The van der Waals surface area contributed by atoms with E-state index >= 15 is 0 Å². The van der Waals surface area contributed by atoms with Crippen LogP contribution in [0, 0.1) is 28.6 Å². The van der Waals surface area contributed by atoms with Gasteiger partial charge in [0.05, 0.1) is 18.8 Å². The Morgan fingerprint density at radius 1 is 1.23 bits per heavy atom. The first kappa shape index (κ1) is 19.6. The van der Waals surface area contributed by atoms with Crippen LogP contribution in [0.1, 0.15) is 69.8 Å². The quantitative estimate of drug-likeness (QED) is 0.538. The van der Waals surface area contributed by atoms with E-state index in [4.69, 9.17) is 18.6 Å². The number of carbonyl (C=O) groups is 3. The van der Waals surface area contributed by atoms with Crippen molar-refractivity contribution in [3.05, 3.63) is 23.7 Å². The summed E-state index contributed by atoms with van der Waals surface area (Å²) in [5.41, 5.74) is -0.787. The third-order valence-electron chi connectivity index (χ3n) is 8.67. The first-order valence-corrected chi connectivity index (χ1v) is 10.8. The summed E-state index contributed by atoms with van der Waals surface area (Å²) < 4.78 is 22.6. The van der Waals surface area contributed by atoms with E-state index in [0.29, 0.717) is 19.3 Å². The summed E-state index contributed by atoms with van der Waals surface area (Å²) in [6, 6.07) is 1.98. The molecule has 1 aromatic rings. The monoisotopic (exact) mass is 416 g/mol. The maximum atomic E-state index is 13.5. The van der Waals surface area contributed by atoms with Crippen molar-refractivity contribution in [1.82, 2.24) is 0 Å². The zero-order chi connectivity index (χ0) is 21.4. The zero-order valence-corrected chi connectivity index (χ0v) is 17.8. The molecule has 162 valence electrons. The SMILES string of the molecule is COC(=O)[C@]1(C)[C@@H](OC(C)=O)CC[C@@]23C(=O)O[C@H]4c5occc5[C@H](C)[C@H](CC[C@@H]12)[C@H]43. The minimum Gasteiger partial charge on any atom is -0.468 e. The van der Waals surface area contributed by atoms with Gasteiger partial charge in [0.1, 0.15) is 17.3 Å². The standard InChI is InChI=1S/C23H28O7/c1-11-13-5-6-15-22(3,20(25)27-4)16(29-12(2)24)7-9-23(15)17(13)19(30-21(23)26)18-14(11)8-10-28-18/h8,10-11,13,15-17,19H,5-7,9H2,1-4H3/t11-,13+,15+,16+,17-,19-,22+,23-/m1/s1. The van der Waals surface area contributed by atoms with E-state index in [9.17, 15) is 14.4 Å². The van der Waals surface area contributed by atoms with E-state index in [1.165, 1.54) is 14.0 Å². The Bertz CT molecular complexity index is 918. The number of rotatable bonds is 2.